The molecule has 0 aromatic heterocycles. The van der Waals surface area contributed by atoms with E-state index in [1.807, 2.05) is 0 Å². The van der Waals surface area contributed by atoms with Crippen LogP contribution in [0.25, 0.3) is 0 Å². The summed E-state index contributed by atoms with van der Waals surface area (Å²) in [4.78, 5) is 0. The van der Waals surface area contributed by atoms with Crippen molar-refractivity contribution < 1.29 is 0 Å². The SMILES string of the molecule is CC(Cc1c(C(C)(C)C)c(C(C)(C)C)c(C(C)(C)C)c(C(C)(C)C)c1C(C)(C)C)c1cc(C(C)(C)C)ccc1C(C)(C)C. The average Bonchev–Trinajstić information content (AvgIpc) is 2.72. The van der Waals surface area contributed by atoms with Gasteiger partial charge in [0.25, 0.3) is 0 Å². The van der Waals surface area contributed by atoms with Gasteiger partial charge in [0.15, 0.2) is 0 Å². The fraction of sp³-hybridized carbons (Fsp3) is 0.721. The monoisotopic (exact) mass is 589 g/mol. The van der Waals surface area contributed by atoms with Gasteiger partial charge in [-0.1, -0.05) is 171 Å². The van der Waals surface area contributed by atoms with Crippen LogP contribution in [-0.4, -0.2) is 0 Å². The highest BCUT2D eigenvalue weighted by molar-refractivity contribution is 5.63. The van der Waals surface area contributed by atoms with Crippen molar-refractivity contribution in [3.05, 3.63) is 68.3 Å². The molecule has 0 aliphatic carbocycles. The summed E-state index contributed by atoms with van der Waals surface area (Å²) >= 11 is 0. The summed E-state index contributed by atoms with van der Waals surface area (Å²) in [6, 6.07) is 7.37. The van der Waals surface area contributed by atoms with Gasteiger partial charge in [0.2, 0.25) is 0 Å². The van der Waals surface area contributed by atoms with Crippen LogP contribution in [0.1, 0.15) is 208 Å². The number of hydrogen-bond donors (Lipinski definition) is 0. The van der Waals surface area contributed by atoms with Gasteiger partial charge < -0.3 is 0 Å². The summed E-state index contributed by atoms with van der Waals surface area (Å²) in [6.07, 6.45) is 1.05. The lowest BCUT2D eigenvalue weighted by atomic mass is 9.58. The first-order valence-electron chi connectivity index (χ1n) is 17.1. The summed E-state index contributed by atoms with van der Waals surface area (Å²) in [6.45, 7) is 53.5. The van der Waals surface area contributed by atoms with Crippen LogP contribution in [0.3, 0.4) is 0 Å². The summed E-state index contributed by atoms with van der Waals surface area (Å²) in [5.74, 6) is 0.389. The second-order valence-corrected chi connectivity index (χ2v) is 21.0. The van der Waals surface area contributed by atoms with Crippen LogP contribution in [0.4, 0.5) is 0 Å². The molecule has 2 aromatic rings. The van der Waals surface area contributed by atoms with Crippen LogP contribution in [0.2, 0.25) is 0 Å². The van der Waals surface area contributed by atoms with E-state index in [0.717, 1.165) is 6.42 Å². The van der Waals surface area contributed by atoms with Crippen LogP contribution >= 0.6 is 0 Å². The van der Waals surface area contributed by atoms with Crippen molar-refractivity contribution in [1.82, 2.24) is 0 Å². The molecule has 2 aromatic carbocycles. The molecular formula is C43H72. The molecule has 1 atom stereocenters. The van der Waals surface area contributed by atoms with E-state index in [1.165, 1.54) is 16.7 Å². The predicted molar refractivity (Wildman–Crippen MR) is 196 cm³/mol. The third-order valence-corrected chi connectivity index (χ3v) is 9.12. The van der Waals surface area contributed by atoms with E-state index in [4.69, 9.17) is 0 Å². The molecule has 0 aliphatic rings. The van der Waals surface area contributed by atoms with E-state index in [2.05, 4.69) is 171 Å². The molecule has 0 radical (unpaired) electrons. The molecule has 43 heavy (non-hydrogen) atoms. The highest BCUT2D eigenvalue weighted by Gasteiger charge is 2.42. The highest BCUT2D eigenvalue weighted by atomic mass is 14.5. The van der Waals surface area contributed by atoms with Gasteiger partial charge in [-0.2, -0.15) is 0 Å². The molecule has 0 heterocycles. The largest absolute Gasteiger partial charge is 0.0582 e. The lowest BCUT2D eigenvalue weighted by molar-refractivity contribution is 0.451. The topological polar surface area (TPSA) is 0 Å². The van der Waals surface area contributed by atoms with Crippen molar-refractivity contribution in [2.45, 2.75) is 203 Å². The van der Waals surface area contributed by atoms with Crippen LogP contribution in [0.15, 0.2) is 18.2 Å². The quantitative estimate of drug-likeness (QED) is 0.334. The minimum atomic E-state index is 0.00813. The van der Waals surface area contributed by atoms with Gasteiger partial charge in [-0.15, -0.1) is 0 Å². The molecule has 0 nitrogen and oxygen atoms in total. The fourth-order valence-corrected chi connectivity index (χ4v) is 7.45. The smallest absolute Gasteiger partial charge is 0.0126 e. The Labute approximate surface area is 270 Å². The van der Waals surface area contributed by atoms with E-state index >= 15 is 0 Å². The van der Waals surface area contributed by atoms with E-state index in [9.17, 15) is 0 Å². The standard InChI is InChI=1S/C43H72/c1-27(29-26-28(37(2,3)4)23-24-31(29)38(5,6)7)25-30-32(39(8,9)10)34(41(14,15)16)36(43(20,21)22)35(42(17,18)19)33(30)40(11,12)13/h23-24,26-27H,25H2,1-22H3. The van der Waals surface area contributed by atoms with Gasteiger partial charge in [-0.05, 0) is 100 Å². The number of rotatable bonds is 3. The Balaban J connectivity index is 3.31. The maximum Gasteiger partial charge on any atom is -0.0126 e. The second-order valence-electron chi connectivity index (χ2n) is 21.0. The van der Waals surface area contributed by atoms with Crippen molar-refractivity contribution in [3.8, 4) is 0 Å². The molecule has 0 bridgehead atoms. The normalized spacial score (nSPS) is 15.2. The Kier molecular flexibility index (Phi) is 9.93. The van der Waals surface area contributed by atoms with Gasteiger partial charge in [-0.25, -0.2) is 0 Å². The molecule has 0 N–H and O–H groups in total. The van der Waals surface area contributed by atoms with E-state index in [0.29, 0.717) is 5.92 Å². The maximum absolute atomic E-state index is 2.55. The molecule has 0 aliphatic heterocycles. The van der Waals surface area contributed by atoms with Gasteiger partial charge in [-0.3, -0.25) is 0 Å². The zero-order valence-electron chi connectivity index (χ0n) is 33.0. The third kappa shape index (κ3) is 8.19. The van der Waals surface area contributed by atoms with Crippen molar-refractivity contribution in [2.24, 2.45) is 0 Å². The molecule has 0 spiro atoms. The van der Waals surface area contributed by atoms with Gasteiger partial charge in [0.1, 0.15) is 0 Å². The zero-order valence-corrected chi connectivity index (χ0v) is 33.0. The Morgan fingerprint density at radius 1 is 0.419 bits per heavy atom. The molecule has 244 valence electrons. The lowest BCUT2D eigenvalue weighted by Crippen LogP contribution is -2.37. The molecular weight excluding hydrogens is 516 g/mol. The maximum atomic E-state index is 2.55. The van der Waals surface area contributed by atoms with Crippen LogP contribution in [-0.2, 0) is 44.3 Å². The first-order valence-corrected chi connectivity index (χ1v) is 17.1. The first-order chi connectivity index (χ1) is 18.7. The summed E-state index contributed by atoms with van der Waals surface area (Å²) < 4.78 is 0. The molecule has 0 heteroatoms. The molecule has 0 saturated carbocycles. The molecule has 1 unspecified atom stereocenters. The van der Waals surface area contributed by atoms with Crippen molar-refractivity contribution in [1.29, 1.82) is 0 Å². The Bertz CT molecular complexity index is 1240. The summed E-state index contributed by atoms with van der Waals surface area (Å²) in [5.41, 5.74) is 14.3. The average molecular weight is 589 g/mol. The second kappa shape index (κ2) is 11.4. The highest BCUT2D eigenvalue weighted by Crippen LogP contribution is 2.52. The minimum absolute atomic E-state index is 0.00813. The number of hydrogen-bond acceptors (Lipinski definition) is 0. The molecule has 0 amide bonds. The van der Waals surface area contributed by atoms with Crippen LogP contribution < -0.4 is 0 Å². The van der Waals surface area contributed by atoms with Crippen LogP contribution in [0, 0.1) is 0 Å². The Hall–Kier alpha value is -1.56. The van der Waals surface area contributed by atoms with Gasteiger partial charge in [0.05, 0.1) is 0 Å². The van der Waals surface area contributed by atoms with Crippen molar-refractivity contribution in [2.75, 3.05) is 0 Å². The Morgan fingerprint density at radius 3 is 1.02 bits per heavy atom. The zero-order chi connectivity index (χ0) is 34.1. The van der Waals surface area contributed by atoms with E-state index in [1.54, 1.807) is 33.4 Å². The molecule has 0 fully saturated rings. The Morgan fingerprint density at radius 2 is 0.744 bits per heavy atom. The van der Waals surface area contributed by atoms with Gasteiger partial charge >= 0.3 is 0 Å². The third-order valence-electron chi connectivity index (χ3n) is 9.12. The molecule has 2 rings (SSSR count). The van der Waals surface area contributed by atoms with Crippen LogP contribution in [0.5, 0.6) is 0 Å². The number of benzene rings is 2. The van der Waals surface area contributed by atoms with Gasteiger partial charge in [0, 0.05) is 0 Å². The first kappa shape index (κ1) is 37.6. The lowest BCUT2D eigenvalue weighted by Gasteiger charge is -2.46. The van der Waals surface area contributed by atoms with E-state index < -0.39 is 0 Å². The minimum Gasteiger partial charge on any atom is -0.0582 e. The van der Waals surface area contributed by atoms with Crippen molar-refractivity contribution >= 4 is 0 Å². The van der Waals surface area contributed by atoms with E-state index in [-0.39, 0.29) is 37.9 Å². The molecule has 0 saturated heterocycles. The summed E-state index contributed by atoms with van der Waals surface area (Å²) in [7, 11) is 0. The van der Waals surface area contributed by atoms with Crippen molar-refractivity contribution in [3.63, 3.8) is 0 Å². The summed E-state index contributed by atoms with van der Waals surface area (Å²) in [5, 5.41) is 0. The fourth-order valence-electron chi connectivity index (χ4n) is 7.45. The predicted octanol–water partition coefficient (Wildman–Crippen LogP) is 13.1.